The Balaban J connectivity index is 2.35. The summed E-state index contributed by atoms with van der Waals surface area (Å²) in [6.07, 6.45) is 0.463. The van der Waals surface area contributed by atoms with E-state index in [0.29, 0.717) is 23.3 Å². The molecule has 6 heteroatoms. The van der Waals surface area contributed by atoms with Gasteiger partial charge in [0.05, 0.1) is 0 Å². The van der Waals surface area contributed by atoms with Gasteiger partial charge >= 0.3 is 5.51 Å². The molecule has 102 valence electrons. The van der Waals surface area contributed by atoms with E-state index in [2.05, 4.69) is 0 Å². The molecule has 2 nitrogen and oxygen atoms in total. The Labute approximate surface area is 112 Å². The minimum atomic E-state index is -4.34. The summed E-state index contributed by atoms with van der Waals surface area (Å²) in [4.78, 5) is 12.0. The van der Waals surface area contributed by atoms with Gasteiger partial charge in [0.2, 0.25) is 0 Å². The predicted octanol–water partition coefficient (Wildman–Crippen LogP) is 3.58. The van der Waals surface area contributed by atoms with Crippen molar-refractivity contribution in [3.8, 4) is 0 Å². The van der Waals surface area contributed by atoms with Crippen molar-refractivity contribution in [2.45, 2.75) is 23.7 Å². The monoisotopic (exact) mass is 287 g/mol. The lowest BCUT2D eigenvalue weighted by Gasteiger charge is -2.08. The largest absolute Gasteiger partial charge is 0.446 e. The van der Waals surface area contributed by atoms with Crippen molar-refractivity contribution in [3.05, 3.63) is 35.5 Å². The lowest BCUT2D eigenvalue weighted by molar-refractivity contribution is -0.116. The normalized spacial score (nSPS) is 20.2. The number of Topliss-reactive ketones (excluding diaryl/α,β-unsaturated/α-hetero) is 1. The first-order valence-electron chi connectivity index (χ1n) is 5.67. The Morgan fingerprint density at radius 3 is 2.58 bits per heavy atom. The summed E-state index contributed by atoms with van der Waals surface area (Å²) >= 11 is -0.198. The minimum absolute atomic E-state index is 0.0534. The van der Waals surface area contributed by atoms with Gasteiger partial charge in [-0.15, -0.1) is 0 Å². The zero-order valence-corrected chi connectivity index (χ0v) is 10.9. The van der Waals surface area contributed by atoms with Gasteiger partial charge < -0.3 is 5.73 Å². The maximum absolute atomic E-state index is 12.3. The van der Waals surface area contributed by atoms with Crippen LogP contribution >= 0.6 is 11.8 Å². The number of halogens is 3. The number of thioether (sulfide) groups is 1. The lowest BCUT2D eigenvalue weighted by Crippen LogP contribution is -2.05. The van der Waals surface area contributed by atoms with Crippen molar-refractivity contribution in [2.24, 2.45) is 11.7 Å². The third-order valence-electron chi connectivity index (χ3n) is 2.90. The van der Waals surface area contributed by atoms with Gasteiger partial charge in [-0.25, -0.2) is 0 Å². The maximum atomic E-state index is 12.3. The summed E-state index contributed by atoms with van der Waals surface area (Å²) in [5.41, 5.74) is 2.73. The van der Waals surface area contributed by atoms with Gasteiger partial charge in [0.1, 0.15) is 0 Å². The third-order valence-corrected chi connectivity index (χ3v) is 3.62. The minimum Gasteiger partial charge on any atom is -0.401 e. The van der Waals surface area contributed by atoms with E-state index in [1.165, 1.54) is 18.2 Å². The van der Waals surface area contributed by atoms with E-state index in [4.69, 9.17) is 5.73 Å². The number of carbonyl (C=O) groups is 1. The standard InChI is InChI=1S/C13H12F3NOS/c1-7-5-10(17)11(12(7)18)8-3-2-4-9(6-8)19-13(14,15)16/h2-4,6-7H,5,17H2,1H3. The van der Waals surface area contributed by atoms with Crippen molar-refractivity contribution >= 4 is 23.1 Å². The Kier molecular flexibility index (Phi) is 3.62. The molecule has 1 unspecified atom stereocenters. The van der Waals surface area contributed by atoms with Gasteiger partial charge in [-0.1, -0.05) is 19.1 Å². The smallest absolute Gasteiger partial charge is 0.401 e. The van der Waals surface area contributed by atoms with E-state index in [1.807, 2.05) is 0 Å². The highest BCUT2D eigenvalue weighted by atomic mass is 32.2. The number of benzene rings is 1. The van der Waals surface area contributed by atoms with Crippen molar-refractivity contribution < 1.29 is 18.0 Å². The zero-order chi connectivity index (χ0) is 14.2. The van der Waals surface area contributed by atoms with Crippen LogP contribution in [0.2, 0.25) is 0 Å². The Morgan fingerprint density at radius 1 is 1.37 bits per heavy atom. The first-order valence-corrected chi connectivity index (χ1v) is 6.48. The van der Waals surface area contributed by atoms with Crippen LogP contribution in [0.15, 0.2) is 34.9 Å². The van der Waals surface area contributed by atoms with Crippen LogP contribution in [0.5, 0.6) is 0 Å². The second kappa shape index (κ2) is 4.92. The fourth-order valence-electron chi connectivity index (χ4n) is 2.11. The van der Waals surface area contributed by atoms with Crippen molar-refractivity contribution in [1.29, 1.82) is 0 Å². The van der Waals surface area contributed by atoms with Crippen LogP contribution in [0, 0.1) is 5.92 Å². The molecule has 0 saturated carbocycles. The van der Waals surface area contributed by atoms with Crippen LogP contribution in [-0.4, -0.2) is 11.3 Å². The number of ketones is 1. The average molecular weight is 287 g/mol. The average Bonchev–Trinajstić information content (AvgIpc) is 2.51. The molecule has 0 aliphatic heterocycles. The molecule has 2 N–H and O–H groups in total. The molecule has 1 aliphatic carbocycles. The number of allylic oxidation sites excluding steroid dienone is 2. The molecule has 0 aromatic heterocycles. The molecule has 0 heterocycles. The van der Waals surface area contributed by atoms with Crippen LogP contribution in [0.3, 0.4) is 0 Å². The summed E-state index contributed by atoms with van der Waals surface area (Å²) < 4.78 is 37.0. The summed E-state index contributed by atoms with van der Waals surface area (Å²) in [6, 6.07) is 5.83. The maximum Gasteiger partial charge on any atom is 0.446 e. The molecule has 0 amide bonds. The number of carbonyl (C=O) groups excluding carboxylic acids is 1. The molecule has 0 saturated heterocycles. The number of nitrogens with two attached hydrogens (primary N) is 1. The first-order chi connectivity index (χ1) is 8.78. The molecular weight excluding hydrogens is 275 g/mol. The van der Waals surface area contributed by atoms with Gasteiger partial charge in [-0.2, -0.15) is 13.2 Å². The van der Waals surface area contributed by atoms with E-state index >= 15 is 0 Å². The van der Waals surface area contributed by atoms with Gasteiger partial charge in [0.15, 0.2) is 5.78 Å². The molecule has 19 heavy (non-hydrogen) atoms. The molecule has 0 spiro atoms. The highest BCUT2D eigenvalue weighted by Crippen LogP contribution is 2.39. The Morgan fingerprint density at radius 2 is 2.05 bits per heavy atom. The SMILES string of the molecule is CC1CC(N)=C(c2cccc(SC(F)(F)F)c2)C1=O. The van der Waals surface area contributed by atoms with Crippen LogP contribution in [0.1, 0.15) is 18.9 Å². The van der Waals surface area contributed by atoms with Crippen molar-refractivity contribution in [2.75, 3.05) is 0 Å². The molecule has 0 fully saturated rings. The van der Waals surface area contributed by atoms with Gasteiger partial charge in [0.25, 0.3) is 0 Å². The summed E-state index contributed by atoms with van der Waals surface area (Å²) in [6.45, 7) is 1.76. The van der Waals surface area contributed by atoms with Gasteiger partial charge in [-0.3, -0.25) is 4.79 Å². The molecule has 1 aliphatic rings. The predicted molar refractivity (Wildman–Crippen MR) is 68.2 cm³/mol. The molecule has 1 aromatic rings. The van der Waals surface area contributed by atoms with Crippen LogP contribution < -0.4 is 5.73 Å². The van der Waals surface area contributed by atoms with Crippen molar-refractivity contribution in [1.82, 2.24) is 0 Å². The number of rotatable bonds is 2. The van der Waals surface area contributed by atoms with E-state index in [9.17, 15) is 18.0 Å². The molecule has 2 rings (SSSR count). The molecule has 1 atom stereocenters. The Hall–Kier alpha value is -1.43. The highest BCUT2D eigenvalue weighted by molar-refractivity contribution is 8.00. The Bertz CT molecular complexity index is 551. The zero-order valence-electron chi connectivity index (χ0n) is 10.1. The molecule has 0 bridgehead atoms. The summed E-state index contributed by atoms with van der Waals surface area (Å²) in [5.74, 6) is -0.305. The van der Waals surface area contributed by atoms with Crippen LogP contribution in [-0.2, 0) is 4.79 Å². The highest BCUT2D eigenvalue weighted by Gasteiger charge is 2.31. The summed E-state index contributed by atoms with van der Waals surface area (Å²) in [7, 11) is 0. The van der Waals surface area contributed by atoms with Gasteiger partial charge in [-0.05, 0) is 35.9 Å². The van der Waals surface area contributed by atoms with E-state index in [-0.39, 0.29) is 28.4 Å². The molecule has 0 radical (unpaired) electrons. The summed E-state index contributed by atoms with van der Waals surface area (Å²) in [5, 5.41) is 0. The fraction of sp³-hybridized carbons (Fsp3) is 0.308. The van der Waals surface area contributed by atoms with Crippen molar-refractivity contribution in [3.63, 3.8) is 0 Å². The van der Waals surface area contributed by atoms with E-state index in [0.717, 1.165) is 0 Å². The van der Waals surface area contributed by atoms with E-state index < -0.39 is 5.51 Å². The number of hydrogen-bond acceptors (Lipinski definition) is 3. The van der Waals surface area contributed by atoms with Gasteiger partial charge in [0, 0.05) is 22.1 Å². The molecular formula is C13H12F3NOS. The van der Waals surface area contributed by atoms with Crippen LogP contribution in [0.4, 0.5) is 13.2 Å². The first kappa shape index (κ1) is 14.0. The number of hydrogen-bond donors (Lipinski definition) is 1. The number of alkyl halides is 3. The molecule has 1 aromatic carbocycles. The second-order valence-corrected chi connectivity index (χ2v) is 5.58. The fourth-order valence-corrected chi connectivity index (χ4v) is 2.71. The third kappa shape index (κ3) is 3.12. The van der Waals surface area contributed by atoms with Crippen LogP contribution in [0.25, 0.3) is 5.57 Å². The quantitative estimate of drug-likeness (QED) is 0.845. The topological polar surface area (TPSA) is 43.1 Å². The second-order valence-electron chi connectivity index (χ2n) is 4.45. The lowest BCUT2D eigenvalue weighted by atomic mass is 10.0. The van der Waals surface area contributed by atoms with E-state index in [1.54, 1.807) is 13.0 Å².